The molecule has 2 aromatic rings. The Kier molecular flexibility index (Phi) is 3.33. The largest absolute Gasteiger partial charge is 0.255 e. The van der Waals surface area contributed by atoms with Crippen LogP contribution in [0.5, 0.6) is 0 Å². The van der Waals surface area contributed by atoms with Gasteiger partial charge in [0.05, 0.1) is 17.1 Å². The highest BCUT2D eigenvalue weighted by molar-refractivity contribution is 5.98. The molecule has 0 unspecified atom stereocenters. The first kappa shape index (κ1) is 11.5. The lowest BCUT2D eigenvalue weighted by Crippen LogP contribution is -1.97. The Hall–Kier alpha value is -1.96. The van der Waals surface area contributed by atoms with Crippen LogP contribution < -0.4 is 0 Å². The maximum absolute atomic E-state index is 4.68. The van der Waals surface area contributed by atoms with E-state index in [0.29, 0.717) is 0 Å². The number of para-hydroxylation sites is 1. The molecule has 0 saturated carbocycles. The Morgan fingerprint density at radius 3 is 2.29 bits per heavy atom. The monoisotopic (exact) mass is 224 g/mol. The third-order valence-electron chi connectivity index (χ3n) is 2.75. The van der Waals surface area contributed by atoms with Gasteiger partial charge in [0.1, 0.15) is 0 Å². The minimum absolute atomic E-state index is 0.926. The summed E-state index contributed by atoms with van der Waals surface area (Å²) in [4.78, 5) is 8.99. The number of aliphatic imine (C=N–C) groups is 1. The lowest BCUT2D eigenvalue weighted by molar-refractivity contribution is 1.26. The fourth-order valence-corrected chi connectivity index (χ4v) is 1.78. The lowest BCUT2D eigenvalue weighted by Gasteiger charge is -2.06. The molecule has 1 aromatic heterocycles. The van der Waals surface area contributed by atoms with Crippen LogP contribution in [0, 0.1) is 13.8 Å². The summed E-state index contributed by atoms with van der Waals surface area (Å²) >= 11 is 0. The molecule has 0 spiro atoms. The second kappa shape index (κ2) is 4.91. The number of aromatic nitrogens is 1. The molecule has 1 heterocycles. The molecule has 0 bridgehead atoms. The molecular formula is C15H16N2. The van der Waals surface area contributed by atoms with E-state index in [0.717, 1.165) is 17.1 Å². The highest BCUT2D eigenvalue weighted by Gasteiger charge is 2.02. The Morgan fingerprint density at radius 2 is 1.71 bits per heavy atom. The summed E-state index contributed by atoms with van der Waals surface area (Å²) in [6.45, 7) is 6.16. The maximum atomic E-state index is 4.68. The molecule has 0 radical (unpaired) electrons. The average molecular weight is 224 g/mol. The van der Waals surface area contributed by atoms with Gasteiger partial charge in [-0.2, -0.15) is 0 Å². The van der Waals surface area contributed by atoms with E-state index in [2.05, 4.69) is 42.0 Å². The van der Waals surface area contributed by atoms with Crippen molar-refractivity contribution in [1.82, 2.24) is 4.98 Å². The molecule has 0 aliphatic heterocycles. The topological polar surface area (TPSA) is 25.2 Å². The van der Waals surface area contributed by atoms with Gasteiger partial charge in [0.15, 0.2) is 0 Å². The lowest BCUT2D eigenvalue weighted by atomic mass is 10.1. The first-order chi connectivity index (χ1) is 8.18. The smallest absolute Gasteiger partial charge is 0.0841 e. The SMILES string of the molecule is CC(=Nc1c(C)cccc1C)c1ccccn1. The van der Waals surface area contributed by atoms with Crippen LogP contribution in [0.3, 0.4) is 0 Å². The molecule has 0 amide bonds. The van der Waals surface area contributed by atoms with Crippen molar-refractivity contribution < 1.29 is 0 Å². The zero-order valence-corrected chi connectivity index (χ0v) is 10.4. The van der Waals surface area contributed by atoms with Gasteiger partial charge in [0, 0.05) is 6.20 Å². The molecule has 1 aromatic carbocycles. The summed E-state index contributed by atoms with van der Waals surface area (Å²) in [7, 11) is 0. The van der Waals surface area contributed by atoms with E-state index in [1.54, 1.807) is 6.20 Å². The zero-order valence-electron chi connectivity index (χ0n) is 10.4. The molecule has 2 heteroatoms. The van der Waals surface area contributed by atoms with Crippen LogP contribution in [0.15, 0.2) is 47.6 Å². The Labute approximate surface area is 102 Å². The minimum atomic E-state index is 0.926. The summed E-state index contributed by atoms with van der Waals surface area (Å²) in [6.07, 6.45) is 1.79. The molecule has 0 aliphatic rings. The molecule has 0 atom stereocenters. The van der Waals surface area contributed by atoms with Crippen LogP contribution in [0.1, 0.15) is 23.7 Å². The van der Waals surface area contributed by atoms with Crippen molar-refractivity contribution in [2.24, 2.45) is 4.99 Å². The van der Waals surface area contributed by atoms with Crippen LogP contribution >= 0.6 is 0 Å². The number of hydrogen-bond acceptors (Lipinski definition) is 2. The highest BCUT2D eigenvalue weighted by atomic mass is 14.8. The molecule has 0 saturated heterocycles. The number of nitrogens with zero attached hydrogens (tertiary/aromatic N) is 2. The van der Waals surface area contributed by atoms with Crippen molar-refractivity contribution >= 4 is 11.4 Å². The molecule has 0 N–H and O–H groups in total. The second-order valence-corrected chi connectivity index (χ2v) is 4.15. The van der Waals surface area contributed by atoms with Crippen LogP contribution in [0.25, 0.3) is 0 Å². The van der Waals surface area contributed by atoms with E-state index in [1.807, 2.05) is 25.1 Å². The number of rotatable bonds is 2. The third kappa shape index (κ3) is 2.59. The summed E-state index contributed by atoms with van der Waals surface area (Å²) in [5.41, 5.74) is 5.31. The molecule has 2 rings (SSSR count). The Bertz CT molecular complexity index is 522. The normalized spacial score (nSPS) is 11.6. The van der Waals surface area contributed by atoms with Gasteiger partial charge in [-0.1, -0.05) is 24.3 Å². The summed E-state index contributed by atoms with van der Waals surface area (Å²) in [5.74, 6) is 0. The maximum Gasteiger partial charge on any atom is 0.0841 e. The van der Waals surface area contributed by atoms with Gasteiger partial charge in [-0.3, -0.25) is 9.98 Å². The molecule has 0 aliphatic carbocycles. The van der Waals surface area contributed by atoms with Gasteiger partial charge in [-0.15, -0.1) is 0 Å². The van der Waals surface area contributed by atoms with Crippen LogP contribution in [-0.2, 0) is 0 Å². The second-order valence-electron chi connectivity index (χ2n) is 4.15. The van der Waals surface area contributed by atoms with Crippen molar-refractivity contribution in [1.29, 1.82) is 0 Å². The number of pyridine rings is 1. The van der Waals surface area contributed by atoms with E-state index in [9.17, 15) is 0 Å². The predicted octanol–water partition coefficient (Wildman–Crippen LogP) is 3.84. The van der Waals surface area contributed by atoms with Crippen molar-refractivity contribution in [3.8, 4) is 0 Å². The molecule has 2 nitrogen and oxygen atoms in total. The van der Waals surface area contributed by atoms with Gasteiger partial charge in [-0.25, -0.2) is 0 Å². The van der Waals surface area contributed by atoms with Crippen molar-refractivity contribution in [2.45, 2.75) is 20.8 Å². The van der Waals surface area contributed by atoms with Crippen molar-refractivity contribution in [2.75, 3.05) is 0 Å². The van der Waals surface area contributed by atoms with Gasteiger partial charge in [0.25, 0.3) is 0 Å². The Balaban J connectivity index is 2.43. The van der Waals surface area contributed by atoms with E-state index >= 15 is 0 Å². The van der Waals surface area contributed by atoms with E-state index in [-0.39, 0.29) is 0 Å². The van der Waals surface area contributed by atoms with Crippen LogP contribution in [-0.4, -0.2) is 10.7 Å². The van der Waals surface area contributed by atoms with Crippen molar-refractivity contribution in [3.63, 3.8) is 0 Å². The number of hydrogen-bond donors (Lipinski definition) is 0. The number of aryl methyl sites for hydroxylation is 2. The van der Waals surface area contributed by atoms with Crippen LogP contribution in [0.4, 0.5) is 5.69 Å². The van der Waals surface area contributed by atoms with E-state index < -0.39 is 0 Å². The minimum Gasteiger partial charge on any atom is -0.255 e. The molecule has 0 fully saturated rings. The molecule has 17 heavy (non-hydrogen) atoms. The van der Waals surface area contributed by atoms with Gasteiger partial charge < -0.3 is 0 Å². The van der Waals surface area contributed by atoms with Gasteiger partial charge >= 0.3 is 0 Å². The van der Waals surface area contributed by atoms with Crippen LogP contribution in [0.2, 0.25) is 0 Å². The van der Waals surface area contributed by atoms with Gasteiger partial charge in [0.2, 0.25) is 0 Å². The molecule has 86 valence electrons. The van der Waals surface area contributed by atoms with E-state index in [4.69, 9.17) is 0 Å². The third-order valence-corrected chi connectivity index (χ3v) is 2.75. The van der Waals surface area contributed by atoms with Gasteiger partial charge in [-0.05, 0) is 44.0 Å². The summed E-state index contributed by atoms with van der Waals surface area (Å²) in [6, 6.07) is 12.1. The Morgan fingerprint density at radius 1 is 1.00 bits per heavy atom. The quantitative estimate of drug-likeness (QED) is 0.711. The first-order valence-electron chi connectivity index (χ1n) is 5.71. The average Bonchev–Trinajstić information content (AvgIpc) is 2.35. The van der Waals surface area contributed by atoms with Crippen molar-refractivity contribution in [3.05, 3.63) is 59.4 Å². The fourth-order valence-electron chi connectivity index (χ4n) is 1.78. The molecular weight excluding hydrogens is 208 g/mol. The standard InChI is InChI=1S/C15H16N2/c1-11-7-6-8-12(2)15(11)17-13(3)14-9-4-5-10-16-14/h4-10H,1-3H3. The summed E-state index contributed by atoms with van der Waals surface area (Å²) < 4.78 is 0. The highest BCUT2D eigenvalue weighted by Crippen LogP contribution is 2.23. The fraction of sp³-hybridized carbons (Fsp3) is 0.200. The zero-order chi connectivity index (χ0) is 12.3. The van der Waals surface area contributed by atoms with E-state index in [1.165, 1.54) is 11.1 Å². The predicted molar refractivity (Wildman–Crippen MR) is 72.0 cm³/mol. The summed E-state index contributed by atoms with van der Waals surface area (Å²) in [5, 5.41) is 0. The number of benzene rings is 1. The first-order valence-corrected chi connectivity index (χ1v) is 5.71.